The second kappa shape index (κ2) is 8.69. The largest absolute Gasteiger partial charge is 0.497 e. The molecule has 3 rings (SSSR count). The monoisotopic (exact) mass is 450 g/mol. The number of aromatic nitrogens is 2. The molecule has 1 atom stereocenters. The van der Waals surface area contributed by atoms with Gasteiger partial charge in [0.1, 0.15) is 22.9 Å². The fourth-order valence-electron chi connectivity index (χ4n) is 2.93. The molecule has 1 heterocycles. The number of halogens is 4. The zero-order chi connectivity index (χ0) is 23.6. The number of nitrogen functional groups attached to an aromatic ring is 1. The number of rotatable bonds is 5. The first kappa shape index (κ1) is 22.8. The Hall–Kier alpha value is -3.89. The Balaban J connectivity index is 1.91. The molecule has 0 spiro atoms. The third-order valence-corrected chi connectivity index (χ3v) is 4.57. The van der Waals surface area contributed by atoms with E-state index in [1.54, 1.807) is 0 Å². The van der Waals surface area contributed by atoms with Crippen LogP contribution in [-0.2, 0) is 6.18 Å². The van der Waals surface area contributed by atoms with Gasteiger partial charge in [0.05, 0.1) is 18.7 Å². The summed E-state index contributed by atoms with van der Waals surface area (Å²) in [7, 11) is 1.36. The molecule has 7 nitrogen and oxygen atoms in total. The van der Waals surface area contributed by atoms with Crippen molar-refractivity contribution in [3.05, 3.63) is 81.5 Å². The van der Waals surface area contributed by atoms with E-state index in [9.17, 15) is 27.2 Å². The number of amides is 1. The smallest absolute Gasteiger partial charge is 0.416 e. The lowest BCUT2D eigenvalue weighted by Crippen LogP contribution is -2.31. The lowest BCUT2D eigenvalue weighted by Gasteiger charge is -2.17. The number of ether oxygens (including phenoxy) is 1. The van der Waals surface area contributed by atoms with Crippen LogP contribution in [0.15, 0.2) is 53.3 Å². The number of methoxy groups -OCH3 is 1. The number of hydrogen-bond acceptors (Lipinski definition) is 5. The predicted octanol–water partition coefficient (Wildman–Crippen LogP) is 3.47. The summed E-state index contributed by atoms with van der Waals surface area (Å²) in [6, 6.07) is 7.91. The van der Waals surface area contributed by atoms with Gasteiger partial charge in [-0.3, -0.25) is 9.59 Å². The van der Waals surface area contributed by atoms with Crippen LogP contribution < -0.4 is 21.3 Å². The van der Waals surface area contributed by atoms with Crippen LogP contribution in [0.4, 0.5) is 23.2 Å². The van der Waals surface area contributed by atoms with Crippen LogP contribution in [0.5, 0.6) is 5.75 Å². The molecule has 3 aromatic rings. The van der Waals surface area contributed by atoms with Crippen molar-refractivity contribution in [2.24, 2.45) is 0 Å². The molecule has 11 heteroatoms. The molecular formula is C21H18F4N4O3. The molecule has 0 saturated carbocycles. The first-order chi connectivity index (χ1) is 15.0. The minimum absolute atomic E-state index is 0.115. The van der Waals surface area contributed by atoms with E-state index in [-0.39, 0.29) is 28.4 Å². The molecule has 0 bridgehead atoms. The van der Waals surface area contributed by atoms with E-state index in [4.69, 9.17) is 10.5 Å². The van der Waals surface area contributed by atoms with Crippen molar-refractivity contribution in [3.8, 4) is 11.4 Å². The molecule has 0 unspecified atom stereocenters. The van der Waals surface area contributed by atoms with Gasteiger partial charge in [-0.25, -0.2) is 4.39 Å². The lowest BCUT2D eigenvalue weighted by atomic mass is 10.0. The molecule has 1 amide bonds. The SMILES string of the molecule is COc1ccc(F)c(-n2nc(C(=O)N[C@H](C)c3cc(N)cc(C(F)(F)F)c3)ccc2=O)c1. The number of carbonyl (C=O) groups is 1. The number of nitrogens with zero attached hydrogens (tertiary/aromatic N) is 2. The first-order valence-electron chi connectivity index (χ1n) is 9.22. The van der Waals surface area contributed by atoms with E-state index < -0.39 is 35.1 Å². The van der Waals surface area contributed by atoms with Crippen molar-refractivity contribution < 1.29 is 27.1 Å². The molecule has 0 radical (unpaired) electrons. The van der Waals surface area contributed by atoms with Crippen LogP contribution in [0.2, 0.25) is 0 Å². The molecular weight excluding hydrogens is 432 g/mol. The Kier molecular flexibility index (Phi) is 6.19. The van der Waals surface area contributed by atoms with Crippen molar-refractivity contribution in [3.63, 3.8) is 0 Å². The molecule has 0 aliphatic carbocycles. The predicted molar refractivity (Wildman–Crippen MR) is 108 cm³/mol. The van der Waals surface area contributed by atoms with E-state index in [0.29, 0.717) is 4.68 Å². The number of anilines is 1. The highest BCUT2D eigenvalue weighted by Gasteiger charge is 2.31. The second-order valence-electron chi connectivity index (χ2n) is 6.87. The van der Waals surface area contributed by atoms with Crippen molar-refractivity contribution in [2.75, 3.05) is 12.8 Å². The Labute approximate surface area is 179 Å². The topological polar surface area (TPSA) is 99.2 Å². The summed E-state index contributed by atoms with van der Waals surface area (Å²) >= 11 is 0. The van der Waals surface area contributed by atoms with Gasteiger partial charge < -0.3 is 15.8 Å². The minimum atomic E-state index is -4.61. The Morgan fingerprint density at radius 2 is 1.88 bits per heavy atom. The third-order valence-electron chi connectivity index (χ3n) is 4.57. The van der Waals surface area contributed by atoms with E-state index in [0.717, 1.165) is 30.3 Å². The van der Waals surface area contributed by atoms with E-state index in [1.165, 1.54) is 32.2 Å². The number of alkyl halides is 3. The van der Waals surface area contributed by atoms with Gasteiger partial charge in [0.2, 0.25) is 0 Å². The molecule has 1 aromatic heterocycles. The zero-order valence-electron chi connectivity index (χ0n) is 16.9. The number of nitrogens with two attached hydrogens (primary N) is 1. The van der Waals surface area contributed by atoms with E-state index in [2.05, 4.69) is 10.4 Å². The van der Waals surface area contributed by atoms with Crippen LogP contribution in [0, 0.1) is 5.82 Å². The van der Waals surface area contributed by atoms with Gasteiger partial charge in [-0.15, -0.1) is 0 Å². The molecule has 0 aliphatic heterocycles. The second-order valence-corrected chi connectivity index (χ2v) is 6.87. The minimum Gasteiger partial charge on any atom is -0.497 e. The Morgan fingerprint density at radius 3 is 2.53 bits per heavy atom. The van der Waals surface area contributed by atoms with Crippen LogP contribution in [0.25, 0.3) is 5.69 Å². The number of carbonyl (C=O) groups excluding carboxylic acids is 1. The normalized spacial score (nSPS) is 12.3. The number of nitrogens with one attached hydrogen (secondary N) is 1. The lowest BCUT2D eigenvalue weighted by molar-refractivity contribution is -0.137. The average Bonchev–Trinajstić information content (AvgIpc) is 2.73. The summed E-state index contributed by atoms with van der Waals surface area (Å²) in [6.07, 6.45) is -4.61. The fraction of sp³-hybridized carbons (Fsp3) is 0.190. The van der Waals surface area contributed by atoms with Gasteiger partial charge in [-0.2, -0.15) is 23.0 Å². The van der Waals surface area contributed by atoms with Gasteiger partial charge in [0.25, 0.3) is 11.5 Å². The van der Waals surface area contributed by atoms with Gasteiger partial charge in [0.15, 0.2) is 0 Å². The van der Waals surface area contributed by atoms with Gasteiger partial charge in [-0.05, 0) is 48.9 Å². The van der Waals surface area contributed by atoms with Crippen LogP contribution in [0.1, 0.15) is 34.6 Å². The standard InChI is InChI=1S/C21H18F4N4O3/c1-11(12-7-13(21(23,24)25)9-14(26)8-12)27-20(31)17-5-6-19(30)29(28-17)18-10-15(32-2)3-4-16(18)22/h3-11H,26H2,1-2H3,(H,27,31)/t11-/m1/s1. The summed E-state index contributed by atoms with van der Waals surface area (Å²) in [4.78, 5) is 24.8. The van der Waals surface area contributed by atoms with Crippen molar-refractivity contribution in [1.82, 2.24) is 15.1 Å². The molecule has 32 heavy (non-hydrogen) atoms. The maximum absolute atomic E-state index is 14.2. The number of hydrogen-bond donors (Lipinski definition) is 2. The Morgan fingerprint density at radius 1 is 1.16 bits per heavy atom. The molecule has 0 aliphatic rings. The summed E-state index contributed by atoms with van der Waals surface area (Å²) in [5.74, 6) is -1.29. The van der Waals surface area contributed by atoms with E-state index in [1.807, 2.05) is 0 Å². The Bertz CT molecular complexity index is 1220. The van der Waals surface area contributed by atoms with Gasteiger partial charge >= 0.3 is 6.18 Å². The molecule has 3 N–H and O–H groups in total. The van der Waals surface area contributed by atoms with Gasteiger partial charge in [0, 0.05) is 17.8 Å². The number of benzene rings is 2. The highest BCUT2D eigenvalue weighted by molar-refractivity contribution is 5.92. The third kappa shape index (κ3) is 4.88. The highest BCUT2D eigenvalue weighted by Crippen LogP contribution is 2.32. The molecule has 0 saturated heterocycles. The summed E-state index contributed by atoms with van der Waals surface area (Å²) in [5, 5.41) is 6.39. The fourth-order valence-corrected chi connectivity index (χ4v) is 2.93. The molecule has 2 aromatic carbocycles. The molecule has 168 valence electrons. The molecule has 0 fully saturated rings. The van der Waals surface area contributed by atoms with Crippen LogP contribution >= 0.6 is 0 Å². The maximum atomic E-state index is 14.2. The maximum Gasteiger partial charge on any atom is 0.416 e. The van der Waals surface area contributed by atoms with Gasteiger partial charge in [-0.1, -0.05) is 0 Å². The quantitative estimate of drug-likeness (QED) is 0.458. The highest BCUT2D eigenvalue weighted by atomic mass is 19.4. The summed E-state index contributed by atoms with van der Waals surface area (Å²) < 4.78 is 59.1. The van der Waals surface area contributed by atoms with E-state index >= 15 is 0 Å². The van der Waals surface area contributed by atoms with Crippen molar-refractivity contribution in [1.29, 1.82) is 0 Å². The van der Waals surface area contributed by atoms with Crippen molar-refractivity contribution in [2.45, 2.75) is 19.1 Å². The van der Waals surface area contributed by atoms with Crippen LogP contribution in [-0.4, -0.2) is 22.8 Å². The first-order valence-corrected chi connectivity index (χ1v) is 9.22. The zero-order valence-corrected chi connectivity index (χ0v) is 16.9. The average molecular weight is 450 g/mol. The summed E-state index contributed by atoms with van der Waals surface area (Å²) in [5.41, 5.74) is 3.44. The summed E-state index contributed by atoms with van der Waals surface area (Å²) in [6.45, 7) is 1.46. The van der Waals surface area contributed by atoms with Crippen molar-refractivity contribution >= 4 is 11.6 Å². The van der Waals surface area contributed by atoms with Crippen LogP contribution in [0.3, 0.4) is 0 Å².